The second-order valence-corrected chi connectivity index (χ2v) is 6.81. The van der Waals surface area contributed by atoms with Crippen LogP contribution < -0.4 is 14.2 Å². The number of rotatable bonds is 9. The van der Waals surface area contributed by atoms with E-state index in [1.807, 2.05) is 23.6 Å². The van der Waals surface area contributed by atoms with Gasteiger partial charge in [-0.05, 0) is 42.0 Å². The van der Waals surface area contributed by atoms with Crippen molar-refractivity contribution in [3.63, 3.8) is 0 Å². The topological polar surface area (TPSA) is 32.0 Å². The van der Waals surface area contributed by atoms with Gasteiger partial charge >= 0.3 is 0 Å². The predicted molar refractivity (Wildman–Crippen MR) is 102 cm³/mol. The second-order valence-electron chi connectivity index (χ2n) is 5.86. The summed E-state index contributed by atoms with van der Waals surface area (Å²) in [7, 11) is 4.85. The Kier molecular flexibility index (Phi) is 6.72. The van der Waals surface area contributed by atoms with Crippen LogP contribution in [0.25, 0.3) is 4.85 Å². The van der Waals surface area contributed by atoms with E-state index in [2.05, 4.69) is 17.8 Å². The number of ether oxygens (including phenoxy) is 3. The van der Waals surface area contributed by atoms with Crippen molar-refractivity contribution >= 4 is 11.3 Å². The molecule has 1 heterocycles. The van der Waals surface area contributed by atoms with Crippen LogP contribution in [0.4, 0.5) is 0 Å². The summed E-state index contributed by atoms with van der Waals surface area (Å²) in [5.74, 6) is 1.94. The van der Waals surface area contributed by atoms with Gasteiger partial charge in [0.05, 0.1) is 26.2 Å². The molecule has 0 N–H and O–H groups in total. The van der Waals surface area contributed by atoms with Gasteiger partial charge in [-0.2, -0.15) is 0 Å². The summed E-state index contributed by atoms with van der Waals surface area (Å²) in [5, 5.41) is 2.05. The van der Waals surface area contributed by atoms with E-state index >= 15 is 0 Å². The summed E-state index contributed by atoms with van der Waals surface area (Å²) < 4.78 is 16.2. The summed E-state index contributed by atoms with van der Waals surface area (Å²) >= 11 is 1.67. The Morgan fingerprint density at radius 3 is 2.24 bits per heavy atom. The third-order valence-corrected chi connectivity index (χ3v) is 5.62. The zero-order chi connectivity index (χ0) is 18.3. The first-order valence-corrected chi connectivity index (χ1v) is 9.23. The first kappa shape index (κ1) is 19.1. The van der Waals surface area contributed by atoms with Crippen molar-refractivity contribution in [3.8, 4) is 17.2 Å². The zero-order valence-electron chi connectivity index (χ0n) is 15.3. The number of methoxy groups -OCH3 is 3. The van der Waals surface area contributed by atoms with E-state index in [4.69, 9.17) is 20.8 Å². The van der Waals surface area contributed by atoms with Crippen molar-refractivity contribution in [2.75, 3.05) is 21.3 Å². The Balaban J connectivity index is 2.14. The van der Waals surface area contributed by atoms with Crippen LogP contribution >= 0.6 is 11.3 Å². The van der Waals surface area contributed by atoms with Gasteiger partial charge in [-0.25, -0.2) is 6.57 Å². The number of nitrogens with zero attached hydrogens (tertiary/aromatic N) is 1. The largest absolute Gasteiger partial charge is 0.493 e. The van der Waals surface area contributed by atoms with Crippen molar-refractivity contribution in [2.24, 2.45) is 0 Å². The van der Waals surface area contributed by atoms with E-state index < -0.39 is 5.54 Å². The molecule has 2 aromatic rings. The predicted octanol–water partition coefficient (Wildman–Crippen LogP) is 5.32. The van der Waals surface area contributed by atoms with Crippen LogP contribution in [0.3, 0.4) is 0 Å². The molecule has 0 saturated carbocycles. The molecule has 4 nitrogen and oxygen atoms in total. The molecule has 0 aliphatic carbocycles. The van der Waals surface area contributed by atoms with Crippen LogP contribution in [-0.4, -0.2) is 21.3 Å². The molecule has 25 heavy (non-hydrogen) atoms. The lowest BCUT2D eigenvalue weighted by Crippen LogP contribution is -2.19. The normalized spacial score (nSPS) is 12.9. The highest BCUT2D eigenvalue weighted by Gasteiger charge is 2.37. The van der Waals surface area contributed by atoms with Crippen LogP contribution in [0, 0.1) is 6.57 Å². The molecule has 5 heteroatoms. The molecule has 0 aliphatic rings. The van der Waals surface area contributed by atoms with Gasteiger partial charge in [0.15, 0.2) is 11.5 Å². The van der Waals surface area contributed by atoms with Crippen molar-refractivity contribution in [1.82, 2.24) is 0 Å². The molecule has 1 aromatic heterocycles. The van der Waals surface area contributed by atoms with Crippen LogP contribution in [0.2, 0.25) is 0 Å². The van der Waals surface area contributed by atoms with E-state index in [1.165, 1.54) is 0 Å². The molecule has 1 atom stereocenters. The average molecular weight is 359 g/mol. The minimum Gasteiger partial charge on any atom is -0.493 e. The van der Waals surface area contributed by atoms with Gasteiger partial charge in [-0.3, -0.25) is 0 Å². The van der Waals surface area contributed by atoms with Crippen molar-refractivity contribution in [3.05, 3.63) is 51.5 Å². The lowest BCUT2D eigenvalue weighted by Gasteiger charge is -2.19. The van der Waals surface area contributed by atoms with Crippen molar-refractivity contribution in [2.45, 2.75) is 38.1 Å². The van der Waals surface area contributed by atoms with Crippen molar-refractivity contribution in [1.29, 1.82) is 0 Å². The van der Waals surface area contributed by atoms with Gasteiger partial charge in [0, 0.05) is 12.8 Å². The Morgan fingerprint density at radius 2 is 1.80 bits per heavy atom. The number of aryl methyl sites for hydroxylation is 1. The lowest BCUT2D eigenvalue weighted by molar-refractivity contribution is 0.323. The van der Waals surface area contributed by atoms with Gasteiger partial charge in [0.25, 0.3) is 5.54 Å². The highest BCUT2D eigenvalue weighted by molar-refractivity contribution is 7.10. The third-order valence-electron chi connectivity index (χ3n) is 4.56. The SMILES string of the molecule is [C-]#[N+]C(CC)(CCCc1cc(OC)c(OC)c(OC)c1)c1cccs1. The molecule has 0 fully saturated rings. The molecule has 134 valence electrons. The molecular formula is C20H25NO3S. The van der Waals surface area contributed by atoms with E-state index in [9.17, 15) is 0 Å². The van der Waals surface area contributed by atoms with Crippen LogP contribution in [0.1, 0.15) is 36.6 Å². The van der Waals surface area contributed by atoms with Crippen LogP contribution in [0.5, 0.6) is 17.2 Å². The number of thiophene rings is 1. The van der Waals surface area contributed by atoms with E-state index in [1.54, 1.807) is 32.7 Å². The van der Waals surface area contributed by atoms with E-state index in [0.717, 1.165) is 36.1 Å². The molecule has 1 unspecified atom stereocenters. The molecule has 1 aromatic carbocycles. The average Bonchev–Trinajstić information content (AvgIpc) is 3.19. The summed E-state index contributed by atoms with van der Waals surface area (Å²) in [6, 6.07) is 8.07. The van der Waals surface area contributed by atoms with E-state index in [-0.39, 0.29) is 0 Å². The molecule has 0 amide bonds. The molecule has 0 bridgehead atoms. The maximum Gasteiger partial charge on any atom is 0.266 e. The van der Waals surface area contributed by atoms with Gasteiger partial charge < -0.3 is 19.1 Å². The maximum absolute atomic E-state index is 7.72. The molecule has 0 radical (unpaired) electrons. The Bertz CT molecular complexity index is 696. The van der Waals surface area contributed by atoms with Crippen molar-refractivity contribution < 1.29 is 14.2 Å². The van der Waals surface area contributed by atoms with Crippen LogP contribution in [-0.2, 0) is 12.0 Å². The fraction of sp³-hybridized carbons (Fsp3) is 0.450. The third kappa shape index (κ3) is 4.08. The smallest absolute Gasteiger partial charge is 0.266 e. The zero-order valence-corrected chi connectivity index (χ0v) is 16.1. The summed E-state index contributed by atoms with van der Waals surface area (Å²) in [4.78, 5) is 5.16. The molecule has 0 aliphatic heterocycles. The van der Waals surface area contributed by atoms with E-state index in [0.29, 0.717) is 17.2 Å². The minimum absolute atomic E-state index is 0.408. The molecule has 2 rings (SSSR count). The number of hydrogen-bond acceptors (Lipinski definition) is 4. The highest BCUT2D eigenvalue weighted by Crippen LogP contribution is 2.40. The quantitative estimate of drug-likeness (QED) is 0.568. The Hall–Kier alpha value is -2.19. The monoisotopic (exact) mass is 359 g/mol. The molecule has 0 spiro atoms. The summed E-state index contributed by atoms with van der Waals surface area (Å²) in [6.45, 7) is 9.82. The fourth-order valence-electron chi connectivity index (χ4n) is 3.07. The molecular weight excluding hydrogens is 334 g/mol. The Labute approximate surface area is 154 Å². The fourth-order valence-corrected chi connectivity index (χ4v) is 4.04. The first-order valence-electron chi connectivity index (χ1n) is 8.35. The van der Waals surface area contributed by atoms with Gasteiger partial charge in [0.1, 0.15) is 0 Å². The van der Waals surface area contributed by atoms with Gasteiger partial charge in [-0.1, -0.05) is 13.0 Å². The minimum atomic E-state index is -0.408. The highest BCUT2D eigenvalue weighted by atomic mass is 32.1. The first-order chi connectivity index (χ1) is 12.1. The second kappa shape index (κ2) is 8.77. The number of hydrogen-bond donors (Lipinski definition) is 0. The van der Waals surface area contributed by atoms with Crippen LogP contribution in [0.15, 0.2) is 29.6 Å². The lowest BCUT2D eigenvalue weighted by atomic mass is 9.88. The maximum atomic E-state index is 7.72. The van der Waals surface area contributed by atoms with Gasteiger partial charge in [0.2, 0.25) is 5.75 Å². The Morgan fingerprint density at radius 1 is 1.12 bits per heavy atom. The summed E-state index contributed by atoms with van der Waals surface area (Å²) in [6.07, 6.45) is 3.45. The number of benzene rings is 1. The van der Waals surface area contributed by atoms with Gasteiger partial charge in [-0.15, -0.1) is 11.3 Å². The standard InChI is InChI=1S/C20H25NO3S/c1-6-20(21-2,18-10-8-12-25-18)11-7-9-15-13-16(22-3)19(24-5)17(14-15)23-4/h8,10,12-14H,6-7,9,11H2,1,3-5H3. The molecule has 0 saturated heterocycles. The summed E-state index contributed by atoms with van der Waals surface area (Å²) in [5.41, 5.74) is 0.713.